The second-order valence-electron chi connectivity index (χ2n) is 12.5. The number of aliphatic imine (C=N–C) groups is 2. The summed E-state index contributed by atoms with van der Waals surface area (Å²) in [6.07, 6.45) is 6.82. The van der Waals surface area contributed by atoms with Gasteiger partial charge in [0.2, 0.25) is 0 Å². The first-order valence-electron chi connectivity index (χ1n) is 16.0. The Morgan fingerprint density at radius 1 is 0.830 bits per heavy atom. The standard InChI is InChI=1S/C35H41N4O7P/c1-5-8-47(43,9-6-45-31-15-29-27(13-24(31)21-40)34(41)38-19-22(2)11-25(38)17-36-29)10-7-46-33-16-30-28(14-32(33)44-4)35(42)39-20-23(3)12-26(39)18-37-30/h13-18,25-26,40H,2-3,5-12,19-21H2,1,4H3/t25-,26-,47?/m0/s1. The lowest BCUT2D eigenvalue weighted by atomic mass is 10.1. The molecule has 11 nitrogen and oxygen atoms in total. The quantitative estimate of drug-likeness (QED) is 0.239. The van der Waals surface area contributed by atoms with Gasteiger partial charge >= 0.3 is 0 Å². The molecule has 0 aromatic heterocycles. The molecule has 0 bridgehead atoms. The number of benzene rings is 2. The van der Waals surface area contributed by atoms with Gasteiger partial charge in [0.1, 0.15) is 5.75 Å². The van der Waals surface area contributed by atoms with Crippen LogP contribution in [-0.2, 0) is 11.2 Å². The third kappa shape index (κ3) is 6.64. The Bertz CT molecular complexity index is 1610. The summed E-state index contributed by atoms with van der Waals surface area (Å²) in [6.45, 7) is 11.1. The largest absolute Gasteiger partial charge is 0.493 e. The van der Waals surface area contributed by atoms with Gasteiger partial charge in [0.05, 0.1) is 68.7 Å². The summed E-state index contributed by atoms with van der Waals surface area (Å²) < 4.78 is 31.8. The molecule has 0 aliphatic carbocycles. The predicted molar refractivity (Wildman–Crippen MR) is 182 cm³/mol. The molecule has 2 fully saturated rings. The fraction of sp³-hybridized carbons (Fsp3) is 0.429. The van der Waals surface area contributed by atoms with Gasteiger partial charge in [-0.15, -0.1) is 0 Å². The van der Waals surface area contributed by atoms with Crippen molar-refractivity contribution in [1.82, 2.24) is 9.80 Å². The van der Waals surface area contributed by atoms with E-state index in [9.17, 15) is 19.3 Å². The molecule has 3 atom stereocenters. The molecular weight excluding hydrogens is 619 g/mol. The molecule has 1 unspecified atom stereocenters. The SMILES string of the molecule is C=C1C[C@H]2C=Nc3cc(OCCP(=O)(CCC)CCOc4cc5c(cc4OC)C(=O)N4CC(=C)C[C@H]4C=N5)c(CO)cc3C(=O)N2C1. The molecule has 1 N–H and O–H groups in total. The van der Waals surface area contributed by atoms with E-state index < -0.39 is 7.14 Å². The van der Waals surface area contributed by atoms with Gasteiger partial charge in [-0.25, -0.2) is 0 Å². The molecule has 4 aliphatic rings. The molecule has 2 saturated heterocycles. The molecule has 6 rings (SSSR count). The summed E-state index contributed by atoms with van der Waals surface area (Å²) in [6, 6.07) is 6.43. The predicted octanol–water partition coefficient (Wildman–Crippen LogP) is 5.39. The van der Waals surface area contributed by atoms with Crippen LogP contribution in [-0.4, -0.2) is 103 Å². The molecule has 2 amide bonds. The lowest BCUT2D eigenvalue weighted by Gasteiger charge is -2.21. The third-order valence-electron chi connectivity index (χ3n) is 9.11. The zero-order valence-corrected chi connectivity index (χ0v) is 27.8. The maximum Gasteiger partial charge on any atom is 0.257 e. The Morgan fingerprint density at radius 3 is 1.89 bits per heavy atom. The van der Waals surface area contributed by atoms with Crippen molar-refractivity contribution in [3.63, 3.8) is 0 Å². The van der Waals surface area contributed by atoms with Gasteiger partial charge < -0.3 is 33.7 Å². The number of aliphatic hydroxyl groups excluding tert-OH is 1. The average molecular weight is 661 g/mol. The number of nitrogens with zero attached hydrogens (tertiary/aromatic N) is 4. The minimum Gasteiger partial charge on any atom is -0.493 e. The number of amides is 2. The van der Waals surface area contributed by atoms with Crippen molar-refractivity contribution in [2.24, 2.45) is 9.98 Å². The summed E-state index contributed by atoms with van der Waals surface area (Å²) in [4.78, 5) is 39.2. The molecule has 2 aromatic carbocycles. The van der Waals surface area contributed by atoms with Crippen LogP contribution in [0.1, 0.15) is 52.5 Å². The van der Waals surface area contributed by atoms with Gasteiger partial charge in [0.25, 0.3) is 11.8 Å². The molecule has 4 heterocycles. The zero-order chi connectivity index (χ0) is 33.3. The van der Waals surface area contributed by atoms with E-state index in [1.807, 2.05) is 6.92 Å². The van der Waals surface area contributed by atoms with Crippen molar-refractivity contribution in [2.45, 2.75) is 44.9 Å². The van der Waals surface area contributed by atoms with Crippen molar-refractivity contribution in [3.8, 4) is 17.2 Å². The second kappa shape index (κ2) is 13.5. The molecule has 0 spiro atoms. The normalized spacial score (nSPS) is 21.1. The number of hydrogen-bond acceptors (Lipinski definition) is 9. The topological polar surface area (TPSA) is 130 Å². The Kier molecular flexibility index (Phi) is 9.39. The van der Waals surface area contributed by atoms with E-state index in [1.54, 1.807) is 46.5 Å². The van der Waals surface area contributed by atoms with Gasteiger partial charge in [-0.2, -0.15) is 0 Å². The Labute approximate surface area is 275 Å². The zero-order valence-electron chi connectivity index (χ0n) is 26.9. The third-order valence-corrected chi connectivity index (χ3v) is 12.4. The summed E-state index contributed by atoms with van der Waals surface area (Å²) in [5.74, 6) is 0.980. The van der Waals surface area contributed by atoms with Crippen LogP contribution in [0.5, 0.6) is 17.2 Å². The highest BCUT2D eigenvalue weighted by atomic mass is 31.2. The Morgan fingerprint density at radius 2 is 1.36 bits per heavy atom. The summed E-state index contributed by atoms with van der Waals surface area (Å²) >= 11 is 0. The first-order valence-corrected chi connectivity index (χ1v) is 18.3. The lowest BCUT2D eigenvalue weighted by molar-refractivity contribution is 0.0770. The summed E-state index contributed by atoms with van der Waals surface area (Å²) in [5, 5.41) is 10.1. The van der Waals surface area contributed by atoms with E-state index in [1.165, 1.54) is 7.11 Å². The molecule has 12 heteroatoms. The maximum atomic E-state index is 14.0. The van der Waals surface area contributed by atoms with Crippen LogP contribution in [0.25, 0.3) is 0 Å². The van der Waals surface area contributed by atoms with Crippen molar-refractivity contribution in [2.75, 3.05) is 51.9 Å². The number of carbonyl (C=O) groups excluding carboxylic acids is 2. The fourth-order valence-electron chi connectivity index (χ4n) is 6.65. The number of carbonyl (C=O) groups is 2. The molecule has 0 saturated carbocycles. The van der Waals surface area contributed by atoms with E-state index in [-0.39, 0.29) is 43.7 Å². The maximum absolute atomic E-state index is 14.0. The highest BCUT2D eigenvalue weighted by Gasteiger charge is 2.35. The highest BCUT2D eigenvalue weighted by Crippen LogP contribution is 2.46. The molecule has 0 radical (unpaired) electrons. The number of rotatable bonds is 12. The van der Waals surface area contributed by atoms with Crippen LogP contribution in [0.3, 0.4) is 0 Å². The number of fused-ring (bicyclic) bond motifs is 4. The average Bonchev–Trinajstić information content (AvgIpc) is 3.56. The van der Waals surface area contributed by atoms with E-state index in [2.05, 4.69) is 23.1 Å². The van der Waals surface area contributed by atoms with E-state index in [0.29, 0.717) is 89.7 Å². The van der Waals surface area contributed by atoms with Crippen LogP contribution >= 0.6 is 7.14 Å². The number of hydrogen-bond donors (Lipinski definition) is 1. The van der Waals surface area contributed by atoms with E-state index in [0.717, 1.165) is 17.6 Å². The van der Waals surface area contributed by atoms with Crippen molar-refractivity contribution in [1.29, 1.82) is 0 Å². The van der Waals surface area contributed by atoms with Crippen LogP contribution < -0.4 is 14.2 Å². The molecule has 4 aliphatic heterocycles. The second-order valence-corrected chi connectivity index (χ2v) is 16.0. The lowest BCUT2D eigenvalue weighted by Crippen LogP contribution is -2.35. The Balaban J connectivity index is 1.11. The Hall–Kier alpha value is -4.21. The fourth-order valence-corrected chi connectivity index (χ4v) is 8.98. The van der Waals surface area contributed by atoms with Gasteiger partial charge in [-0.3, -0.25) is 19.6 Å². The number of ether oxygens (including phenoxy) is 3. The molecule has 47 heavy (non-hydrogen) atoms. The number of aliphatic hydroxyl groups is 1. The van der Waals surface area contributed by atoms with Crippen molar-refractivity contribution >= 4 is 42.8 Å². The van der Waals surface area contributed by atoms with Crippen molar-refractivity contribution < 1.29 is 33.5 Å². The summed E-state index contributed by atoms with van der Waals surface area (Å²) in [5.41, 5.74) is 4.30. The first-order chi connectivity index (χ1) is 22.6. The van der Waals surface area contributed by atoms with Crippen LogP contribution in [0.2, 0.25) is 0 Å². The number of methoxy groups -OCH3 is 1. The molecule has 2 aromatic rings. The van der Waals surface area contributed by atoms with Gasteiger partial charge in [-0.1, -0.05) is 31.2 Å². The molecular formula is C35H41N4O7P. The highest BCUT2D eigenvalue weighted by molar-refractivity contribution is 7.63. The summed E-state index contributed by atoms with van der Waals surface area (Å²) in [7, 11) is -1.19. The van der Waals surface area contributed by atoms with Gasteiger partial charge in [0.15, 0.2) is 11.5 Å². The van der Waals surface area contributed by atoms with Gasteiger partial charge in [0, 0.05) is 61.7 Å². The minimum absolute atomic E-state index is 0.118. The van der Waals surface area contributed by atoms with Gasteiger partial charge in [-0.05, 0) is 31.4 Å². The minimum atomic E-state index is -2.71. The molecule has 248 valence electrons. The van der Waals surface area contributed by atoms with Crippen LogP contribution in [0.15, 0.2) is 58.6 Å². The first kappa shape index (κ1) is 32.7. The van der Waals surface area contributed by atoms with E-state index >= 15 is 0 Å². The van der Waals surface area contributed by atoms with E-state index in [4.69, 9.17) is 14.2 Å². The van der Waals surface area contributed by atoms with Crippen molar-refractivity contribution in [3.05, 3.63) is 65.3 Å². The van der Waals surface area contributed by atoms with Crippen LogP contribution in [0, 0.1) is 0 Å². The smallest absolute Gasteiger partial charge is 0.257 e. The monoisotopic (exact) mass is 660 g/mol. The van der Waals surface area contributed by atoms with Crippen LogP contribution in [0.4, 0.5) is 11.4 Å².